The summed E-state index contributed by atoms with van der Waals surface area (Å²) in [6.45, 7) is 11.0. The highest BCUT2D eigenvalue weighted by atomic mass is 16.5. The fraction of sp³-hybridized carbons (Fsp3) is 0.520. The molecular formula is C25H35N7O3. The fourth-order valence-corrected chi connectivity index (χ4v) is 4.50. The van der Waals surface area contributed by atoms with E-state index in [4.69, 9.17) is 14.7 Å². The number of rotatable bonds is 7. The summed E-state index contributed by atoms with van der Waals surface area (Å²) in [7, 11) is 0. The number of carbonyl (C=O) groups is 2. The lowest BCUT2D eigenvalue weighted by Gasteiger charge is -2.37. The van der Waals surface area contributed by atoms with Crippen molar-refractivity contribution in [1.29, 1.82) is 0 Å². The van der Waals surface area contributed by atoms with E-state index in [9.17, 15) is 9.59 Å². The smallest absolute Gasteiger partial charge is 0.319 e. The molecule has 0 spiro atoms. The molecule has 1 unspecified atom stereocenters. The van der Waals surface area contributed by atoms with Crippen LogP contribution in [0.3, 0.4) is 0 Å². The highest BCUT2D eigenvalue weighted by Gasteiger charge is 2.29. The molecule has 4 rings (SSSR count). The van der Waals surface area contributed by atoms with Crippen LogP contribution in [0.5, 0.6) is 0 Å². The van der Waals surface area contributed by atoms with Crippen LogP contribution in [-0.2, 0) is 22.5 Å². The number of nitrogens with zero attached hydrogens (tertiary/aromatic N) is 4. The highest BCUT2D eigenvalue weighted by molar-refractivity contribution is 5.89. The van der Waals surface area contributed by atoms with Gasteiger partial charge in [0.2, 0.25) is 5.91 Å². The van der Waals surface area contributed by atoms with Gasteiger partial charge in [0, 0.05) is 49.5 Å². The molecule has 3 N–H and O–H groups in total. The lowest BCUT2D eigenvalue weighted by molar-refractivity contribution is -0.122. The van der Waals surface area contributed by atoms with Crippen molar-refractivity contribution in [3.05, 3.63) is 35.5 Å². The Balaban J connectivity index is 1.64. The normalized spacial score (nSPS) is 18.0. The Morgan fingerprint density at radius 1 is 1.09 bits per heavy atom. The van der Waals surface area contributed by atoms with E-state index in [1.165, 1.54) is 0 Å². The summed E-state index contributed by atoms with van der Waals surface area (Å²) < 4.78 is 5.66. The van der Waals surface area contributed by atoms with Gasteiger partial charge in [-0.2, -0.15) is 0 Å². The van der Waals surface area contributed by atoms with E-state index in [1.54, 1.807) is 0 Å². The third kappa shape index (κ3) is 6.07. The molecule has 2 aliphatic rings. The molecule has 0 radical (unpaired) electrons. The topological polar surface area (TPSA) is 112 Å². The average Bonchev–Trinajstić information content (AvgIpc) is 2.84. The highest BCUT2D eigenvalue weighted by Crippen LogP contribution is 2.31. The second-order valence-corrected chi connectivity index (χ2v) is 8.89. The van der Waals surface area contributed by atoms with E-state index in [-0.39, 0.29) is 18.0 Å². The van der Waals surface area contributed by atoms with Crippen molar-refractivity contribution in [1.82, 2.24) is 25.5 Å². The summed E-state index contributed by atoms with van der Waals surface area (Å²) >= 11 is 0. The molecule has 0 bridgehead atoms. The van der Waals surface area contributed by atoms with E-state index < -0.39 is 0 Å². The molecule has 0 aliphatic carbocycles. The Morgan fingerprint density at radius 2 is 1.86 bits per heavy atom. The zero-order valence-electron chi connectivity index (χ0n) is 20.8. The van der Waals surface area contributed by atoms with Crippen molar-refractivity contribution < 1.29 is 14.3 Å². The third-order valence-electron chi connectivity index (χ3n) is 6.24. The lowest BCUT2D eigenvalue weighted by atomic mass is 10.0. The number of likely N-dealkylation sites (N-methyl/N-ethyl adjacent to an activating group) is 1. The first-order valence-electron chi connectivity index (χ1n) is 12.4. The second kappa shape index (κ2) is 11.5. The van der Waals surface area contributed by atoms with E-state index in [2.05, 4.69) is 32.7 Å². The molecule has 3 amide bonds. The summed E-state index contributed by atoms with van der Waals surface area (Å²) in [5.74, 6) is 1.63. The predicted molar refractivity (Wildman–Crippen MR) is 135 cm³/mol. The number of urea groups is 1. The maximum Gasteiger partial charge on any atom is 0.319 e. The fourth-order valence-electron chi connectivity index (χ4n) is 4.50. The van der Waals surface area contributed by atoms with Crippen molar-refractivity contribution in [3.8, 4) is 11.4 Å². The first kappa shape index (κ1) is 24.9. The number of morpholine rings is 1. The second-order valence-electron chi connectivity index (χ2n) is 8.89. The molecular weight excluding hydrogens is 446 g/mol. The van der Waals surface area contributed by atoms with Gasteiger partial charge in [-0.15, -0.1) is 0 Å². The van der Waals surface area contributed by atoms with E-state index in [0.29, 0.717) is 50.9 Å². The maximum absolute atomic E-state index is 12.2. The van der Waals surface area contributed by atoms with E-state index >= 15 is 0 Å². The third-order valence-corrected chi connectivity index (χ3v) is 6.24. The summed E-state index contributed by atoms with van der Waals surface area (Å²) in [5, 5.41) is 8.42. The number of aromatic nitrogens is 2. The molecule has 188 valence electrons. The summed E-state index contributed by atoms with van der Waals surface area (Å²) in [6.07, 6.45) is 0.795. The van der Waals surface area contributed by atoms with Crippen LogP contribution < -0.4 is 20.9 Å². The molecule has 1 atom stereocenters. The van der Waals surface area contributed by atoms with Gasteiger partial charge in [-0.1, -0.05) is 0 Å². The molecule has 2 aliphatic heterocycles. The quantitative estimate of drug-likeness (QED) is 0.555. The number of ether oxygens (including phenoxy) is 1. The molecule has 1 aromatic carbocycles. The van der Waals surface area contributed by atoms with Gasteiger partial charge in [0.05, 0.1) is 31.5 Å². The van der Waals surface area contributed by atoms with Gasteiger partial charge in [0.25, 0.3) is 0 Å². The number of amides is 3. The molecule has 0 saturated carbocycles. The zero-order valence-corrected chi connectivity index (χ0v) is 20.8. The van der Waals surface area contributed by atoms with Crippen LogP contribution in [-0.4, -0.2) is 78.8 Å². The first-order chi connectivity index (χ1) is 17.0. The number of anilines is 2. The summed E-state index contributed by atoms with van der Waals surface area (Å²) in [4.78, 5) is 38.4. The molecule has 3 heterocycles. The average molecular weight is 482 g/mol. The van der Waals surface area contributed by atoms with Crippen molar-refractivity contribution in [2.45, 2.75) is 39.8 Å². The monoisotopic (exact) mass is 481 g/mol. The SMILES string of the molecule is CCNC(=O)CN1CCc2c(nc(-c3ccc(NC(=O)NCC)cc3)nc2N2CCOCC2C)C1. The molecule has 1 aromatic heterocycles. The molecule has 35 heavy (non-hydrogen) atoms. The van der Waals surface area contributed by atoms with Gasteiger partial charge in [-0.3, -0.25) is 9.69 Å². The van der Waals surface area contributed by atoms with Crippen LogP contribution in [0.25, 0.3) is 11.4 Å². The first-order valence-corrected chi connectivity index (χ1v) is 12.4. The number of hydrogen-bond donors (Lipinski definition) is 3. The number of carbonyl (C=O) groups excluding carboxylic acids is 2. The minimum atomic E-state index is -0.235. The van der Waals surface area contributed by atoms with Crippen LogP contribution in [0.1, 0.15) is 32.0 Å². The summed E-state index contributed by atoms with van der Waals surface area (Å²) in [5.41, 5.74) is 3.69. The van der Waals surface area contributed by atoms with Crippen molar-refractivity contribution >= 4 is 23.4 Å². The van der Waals surface area contributed by atoms with Crippen molar-refractivity contribution in [3.63, 3.8) is 0 Å². The number of nitrogens with one attached hydrogen (secondary N) is 3. The van der Waals surface area contributed by atoms with Crippen LogP contribution in [0, 0.1) is 0 Å². The Hall–Kier alpha value is -3.24. The van der Waals surface area contributed by atoms with Gasteiger partial charge in [-0.05, 0) is 51.5 Å². The predicted octanol–water partition coefficient (Wildman–Crippen LogP) is 2.00. The maximum atomic E-state index is 12.2. The lowest BCUT2D eigenvalue weighted by Crippen LogP contribution is -2.46. The van der Waals surface area contributed by atoms with Gasteiger partial charge in [-0.25, -0.2) is 14.8 Å². The van der Waals surface area contributed by atoms with Crippen LogP contribution >= 0.6 is 0 Å². The Kier molecular flexibility index (Phi) is 8.14. The van der Waals surface area contributed by atoms with Crippen molar-refractivity contribution in [2.75, 3.05) is 56.2 Å². The van der Waals surface area contributed by atoms with E-state index in [0.717, 1.165) is 42.1 Å². The van der Waals surface area contributed by atoms with Gasteiger partial charge < -0.3 is 25.6 Å². The molecule has 10 heteroatoms. The van der Waals surface area contributed by atoms with Crippen molar-refractivity contribution in [2.24, 2.45) is 0 Å². The van der Waals surface area contributed by atoms with Gasteiger partial charge in [0.15, 0.2) is 5.82 Å². The standard InChI is InChI=1S/C25H35N7O3/c1-4-26-22(33)15-31-11-10-20-21(14-31)29-23(30-24(20)32-12-13-35-16-17(32)3)18-6-8-19(9-7-18)28-25(34)27-5-2/h6-9,17H,4-5,10-16H2,1-3H3,(H,26,33)(H2,27,28,34). The number of hydrogen-bond acceptors (Lipinski definition) is 7. The summed E-state index contributed by atoms with van der Waals surface area (Å²) in [6, 6.07) is 7.53. The largest absolute Gasteiger partial charge is 0.377 e. The molecule has 2 aromatic rings. The Morgan fingerprint density at radius 3 is 2.57 bits per heavy atom. The van der Waals surface area contributed by atoms with Crippen LogP contribution in [0.15, 0.2) is 24.3 Å². The molecule has 10 nitrogen and oxygen atoms in total. The minimum absolute atomic E-state index is 0.0300. The van der Waals surface area contributed by atoms with E-state index in [1.807, 2.05) is 38.1 Å². The zero-order chi connectivity index (χ0) is 24.8. The van der Waals surface area contributed by atoms with Crippen LogP contribution in [0.4, 0.5) is 16.3 Å². The molecule has 1 saturated heterocycles. The Labute approximate surface area is 206 Å². The number of fused-ring (bicyclic) bond motifs is 1. The van der Waals surface area contributed by atoms with Gasteiger partial charge in [0.1, 0.15) is 5.82 Å². The van der Waals surface area contributed by atoms with Crippen LogP contribution in [0.2, 0.25) is 0 Å². The number of benzene rings is 1. The Bertz CT molecular complexity index is 1040. The molecule has 1 fully saturated rings. The van der Waals surface area contributed by atoms with Gasteiger partial charge >= 0.3 is 6.03 Å². The minimum Gasteiger partial charge on any atom is -0.377 e.